The summed E-state index contributed by atoms with van der Waals surface area (Å²) in [6, 6.07) is 0. The van der Waals surface area contributed by atoms with Gasteiger partial charge in [0.1, 0.15) is 0 Å². The maximum Gasteiger partial charge on any atom is 0.328 e. The van der Waals surface area contributed by atoms with Crippen LogP contribution < -0.4 is 11.2 Å². The van der Waals surface area contributed by atoms with E-state index < -0.39 is 0 Å². The quantitative estimate of drug-likeness (QED) is 0.845. The molecule has 1 heterocycles. The molecule has 16 heavy (non-hydrogen) atoms. The molecular formula is C10H12Br2N2O2. The third-order valence-corrected chi connectivity index (χ3v) is 4.93. The van der Waals surface area contributed by atoms with Gasteiger partial charge in [0.25, 0.3) is 5.56 Å². The Kier molecular flexibility index (Phi) is 3.39. The predicted molar refractivity (Wildman–Crippen MR) is 69.1 cm³/mol. The Balaban J connectivity index is 2.31. The smallest absolute Gasteiger partial charge is 0.299 e. The third kappa shape index (κ3) is 2.18. The van der Waals surface area contributed by atoms with Gasteiger partial charge in [-0.15, -0.1) is 0 Å². The fraction of sp³-hybridized carbons (Fsp3) is 0.600. The van der Waals surface area contributed by atoms with E-state index in [1.54, 1.807) is 10.8 Å². The van der Waals surface area contributed by atoms with Crippen LogP contribution in [-0.4, -0.2) is 14.9 Å². The summed E-state index contributed by atoms with van der Waals surface area (Å²) in [6.45, 7) is 0.659. The van der Waals surface area contributed by atoms with E-state index in [2.05, 4.69) is 36.8 Å². The number of nitrogens with one attached hydrogen (secondary N) is 1. The van der Waals surface area contributed by atoms with Gasteiger partial charge in [-0.05, 0) is 34.2 Å². The van der Waals surface area contributed by atoms with E-state index in [1.165, 1.54) is 6.42 Å². The average molecular weight is 352 g/mol. The monoisotopic (exact) mass is 350 g/mol. The third-order valence-electron chi connectivity index (χ3n) is 3.17. The highest BCUT2D eigenvalue weighted by Gasteiger charge is 2.36. The van der Waals surface area contributed by atoms with Gasteiger partial charge in [0.05, 0.1) is 4.47 Å². The van der Waals surface area contributed by atoms with Crippen LogP contribution in [0.5, 0.6) is 0 Å². The molecule has 0 radical (unpaired) electrons. The Bertz CT molecular complexity index is 497. The fourth-order valence-corrected chi connectivity index (χ4v) is 3.06. The number of aromatic amines is 1. The average Bonchev–Trinajstić information content (AvgIpc) is 2.19. The minimum atomic E-state index is -0.372. The predicted octanol–water partition coefficient (Wildman–Crippen LogP) is 1.86. The van der Waals surface area contributed by atoms with Crippen molar-refractivity contribution in [1.29, 1.82) is 0 Å². The maximum atomic E-state index is 11.6. The van der Waals surface area contributed by atoms with Gasteiger partial charge in [0.2, 0.25) is 0 Å². The first-order valence-electron chi connectivity index (χ1n) is 5.12. The number of hydrogen-bond acceptors (Lipinski definition) is 2. The van der Waals surface area contributed by atoms with Gasteiger partial charge in [-0.25, -0.2) is 4.79 Å². The number of alkyl halides is 1. The van der Waals surface area contributed by atoms with Gasteiger partial charge in [-0.3, -0.25) is 14.3 Å². The molecule has 1 fully saturated rings. The van der Waals surface area contributed by atoms with Crippen molar-refractivity contribution in [3.63, 3.8) is 0 Å². The highest BCUT2D eigenvalue weighted by atomic mass is 79.9. The van der Waals surface area contributed by atoms with Crippen molar-refractivity contribution in [1.82, 2.24) is 9.55 Å². The van der Waals surface area contributed by atoms with Gasteiger partial charge >= 0.3 is 5.69 Å². The van der Waals surface area contributed by atoms with E-state index in [1.807, 2.05) is 0 Å². The van der Waals surface area contributed by atoms with Crippen LogP contribution in [0.1, 0.15) is 19.3 Å². The molecule has 0 spiro atoms. The number of halogens is 2. The van der Waals surface area contributed by atoms with Crippen molar-refractivity contribution in [3.05, 3.63) is 31.5 Å². The van der Waals surface area contributed by atoms with Crippen molar-refractivity contribution in [2.24, 2.45) is 5.41 Å². The summed E-state index contributed by atoms with van der Waals surface area (Å²) in [5.41, 5.74) is -0.523. The zero-order valence-corrected chi connectivity index (χ0v) is 11.8. The highest BCUT2D eigenvalue weighted by Crippen LogP contribution is 2.43. The van der Waals surface area contributed by atoms with Gasteiger partial charge < -0.3 is 0 Å². The summed E-state index contributed by atoms with van der Waals surface area (Å²) >= 11 is 6.63. The first kappa shape index (κ1) is 12.1. The van der Waals surface area contributed by atoms with Crippen LogP contribution >= 0.6 is 31.9 Å². The summed E-state index contributed by atoms with van der Waals surface area (Å²) in [7, 11) is 0. The SMILES string of the molecule is O=c1[nH]c(=O)n(CC2(CBr)CCC2)cc1Br. The summed E-state index contributed by atoms with van der Waals surface area (Å²) in [5.74, 6) is 0. The van der Waals surface area contributed by atoms with Crippen LogP contribution in [-0.2, 0) is 6.54 Å². The summed E-state index contributed by atoms with van der Waals surface area (Å²) < 4.78 is 1.97. The number of nitrogens with zero attached hydrogens (tertiary/aromatic N) is 1. The molecule has 0 aliphatic heterocycles. The highest BCUT2D eigenvalue weighted by molar-refractivity contribution is 9.10. The number of H-pyrrole nitrogens is 1. The molecular weight excluding hydrogens is 340 g/mol. The van der Waals surface area contributed by atoms with E-state index in [4.69, 9.17) is 0 Å². The molecule has 1 aliphatic rings. The maximum absolute atomic E-state index is 11.6. The standard InChI is InChI=1S/C10H12Br2N2O2/c11-5-10(2-1-3-10)6-14-4-7(12)8(15)13-9(14)16/h4H,1-3,5-6H2,(H,13,15,16). The molecule has 0 bridgehead atoms. The van der Waals surface area contributed by atoms with Crippen LogP contribution in [0.25, 0.3) is 0 Å². The van der Waals surface area contributed by atoms with Crippen LogP contribution in [0.2, 0.25) is 0 Å². The molecule has 2 rings (SSSR count). The van der Waals surface area contributed by atoms with Gasteiger partial charge in [0, 0.05) is 18.1 Å². The minimum absolute atomic E-state index is 0.182. The van der Waals surface area contributed by atoms with E-state index in [-0.39, 0.29) is 16.7 Å². The second kappa shape index (κ2) is 4.49. The lowest BCUT2D eigenvalue weighted by molar-refractivity contribution is 0.137. The van der Waals surface area contributed by atoms with Crippen molar-refractivity contribution < 1.29 is 0 Å². The molecule has 0 atom stereocenters. The zero-order chi connectivity index (χ0) is 11.8. The van der Waals surface area contributed by atoms with Gasteiger partial charge in [0.15, 0.2) is 0 Å². The van der Waals surface area contributed by atoms with Crippen LogP contribution in [0.3, 0.4) is 0 Å². The number of hydrogen-bond donors (Lipinski definition) is 1. The second-order valence-corrected chi connectivity index (χ2v) is 5.77. The molecule has 1 aliphatic carbocycles. The number of rotatable bonds is 3. The number of aromatic nitrogens is 2. The Hall–Kier alpha value is -0.360. The molecule has 0 saturated heterocycles. The molecule has 1 aromatic heterocycles. The van der Waals surface area contributed by atoms with Gasteiger partial charge in [-0.2, -0.15) is 0 Å². The van der Waals surface area contributed by atoms with E-state index >= 15 is 0 Å². The molecule has 6 heteroatoms. The van der Waals surface area contributed by atoms with Crippen LogP contribution in [0, 0.1) is 5.41 Å². The van der Waals surface area contributed by atoms with Crippen molar-refractivity contribution in [2.45, 2.75) is 25.8 Å². The molecule has 0 amide bonds. The molecule has 1 aromatic rings. The largest absolute Gasteiger partial charge is 0.328 e. The summed E-state index contributed by atoms with van der Waals surface area (Å²) in [4.78, 5) is 25.1. The Morgan fingerprint density at radius 1 is 1.44 bits per heavy atom. The first-order chi connectivity index (χ1) is 7.56. The molecule has 0 unspecified atom stereocenters. The summed E-state index contributed by atoms with van der Waals surface area (Å²) in [5, 5.41) is 0.892. The lowest BCUT2D eigenvalue weighted by Crippen LogP contribution is -2.41. The normalized spacial score (nSPS) is 18.1. The zero-order valence-electron chi connectivity index (χ0n) is 8.63. The van der Waals surface area contributed by atoms with Crippen molar-refractivity contribution >= 4 is 31.9 Å². The molecule has 1 N–H and O–H groups in total. The van der Waals surface area contributed by atoms with Crippen LogP contribution in [0.4, 0.5) is 0 Å². The molecule has 0 aromatic carbocycles. The topological polar surface area (TPSA) is 54.9 Å². The lowest BCUT2D eigenvalue weighted by Gasteiger charge is -2.40. The lowest BCUT2D eigenvalue weighted by atomic mass is 9.70. The second-order valence-electron chi connectivity index (χ2n) is 4.35. The van der Waals surface area contributed by atoms with Crippen LogP contribution in [0.15, 0.2) is 20.3 Å². The van der Waals surface area contributed by atoms with Crippen molar-refractivity contribution in [3.8, 4) is 0 Å². The van der Waals surface area contributed by atoms with Crippen molar-refractivity contribution in [2.75, 3.05) is 5.33 Å². The molecule has 4 nitrogen and oxygen atoms in total. The minimum Gasteiger partial charge on any atom is -0.299 e. The Labute approximate surface area is 109 Å². The Morgan fingerprint density at radius 2 is 2.12 bits per heavy atom. The fourth-order valence-electron chi connectivity index (χ4n) is 1.97. The van der Waals surface area contributed by atoms with E-state index in [0.29, 0.717) is 11.0 Å². The van der Waals surface area contributed by atoms with E-state index in [0.717, 1.165) is 18.2 Å². The van der Waals surface area contributed by atoms with E-state index in [9.17, 15) is 9.59 Å². The first-order valence-corrected chi connectivity index (χ1v) is 7.03. The van der Waals surface area contributed by atoms with Gasteiger partial charge in [-0.1, -0.05) is 22.4 Å². The molecule has 88 valence electrons. The Morgan fingerprint density at radius 3 is 2.62 bits per heavy atom. The molecule has 1 saturated carbocycles. The summed E-state index contributed by atoms with van der Waals surface area (Å²) in [6.07, 6.45) is 5.04.